The van der Waals surface area contributed by atoms with Crippen LogP contribution in [0.4, 0.5) is 4.39 Å². The van der Waals surface area contributed by atoms with E-state index >= 15 is 0 Å². The number of likely N-dealkylation sites (tertiary alicyclic amines) is 1. The number of aryl methyl sites for hydroxylation is 2. The van der Waals surface area contributed by atoms with Gasteiger partial charge in [0.15, 0.2) is 5.76 Å². The molecule has 2 aromatic heterocycles. The Kier molecular flexibility index (Phi) is 5.22. The minimum absolute atomic E-state index is 0.0524. The molecule has 29 heavy (non-hydrogen) atoms. The average molecular weight is 396 g/mol. The molecular weight excluding hydrogens is 371 g/mol. The van der Waals surface area contributed by atoms with Gasteiger partial charge in [0.05, 0.1) is 35.6 Å². The summed E-state index contributed by atoms with van der Waals surface area (Å²) in [6, 6.07) is 6.33. The van der Waals surface area contributed by atoms with Gasteiger partial charge in [-0.2, -0.15) is 5.10 Å². The molecule has 0 N–H and O–H groups in total. The molecule has 0 saturated carbocycles. The molecule has 0 radical (unpaired) electrons. The largest absolute Gasteiger partial charge is 0.356 e. The molecule has 3 aromatic rings. The number of aromatic nitrogens is 3. The number of nitrogens with zero attached hydrogens (tertiary/aromatic N) is 4. The molecule has 4 rings (SSSR count). The Morgan fingerprint density at radius 2 is 2.07 bits per heavy atom. The van der Waals surface area contributed by atoms with Crippen LogP contribution in [0.2, 0.25) is 0 Å². The zero-order valence-corrected chi connectivity index (χ0v) is 17.0. The monoisotopic (exact) mass is 396 g/mol. The maximum absolute atomic E-state index is 14.1. The molecule has 152 valence electrons. The number of rotatable bonds is 4. The molecule has 1 amide bonds. The van der Waals surface area contributed by atoms with E-state index < -0.39 is 0 Å². The second-order valence-corrected chi connectivity index (χ2v) is 7.66. The van der Waals surface area contributed by atoms with Crippen LogP contribution >= 0.6 is 0 Å². The van der Waals surface area contributed by atoms with Gasteiger partial charge in [0.1, 0.15) is 5.82 Å². The van der Waals surface area contributed by atoms with Crippen LogP contribution < -0.4 is 0 Å². The summed E-state index contributed by atoms with van der Waals surface area (Å²) in [4.78, 5) is 15.0. The molecule has 1 saturated heterocycles. The highest BCUT2D eigenvalue weighted by Gasteiger charge is 2.33. The van der Waals surface area contributed by atoms with Crippen LogP contribution in [-0.4, -0.2) is 32.3 Å². The number of carbonyl (C=O) groups is 1. The Morgan fingerprint density at radius 3 is 2.79 bits per heavy atom. The summed E-state index contributed by atoms with van der Waals surface area (Å²) >= 11 is 0. The predicted octanol–water partition coefficient (Wildman–Crippen LogP) is 4.13. The fraction of sp³-hybridized carbons (Fsp3) is 0.409. The molecule has 0 aliphatic carbocycles. The number of hydrogen-bond donors (Lipinski definition) is 0. The molecular formula is C22H25FN4O2. The summed E-state index contributed by atoms with van der Waals surface area (Å²) in [5.41, 5.74) is 4.03. The van der Waals surface area contributed by atoms with Crippen molar-refractivity contribution >= 4 is 5.91 Å². The van der Waals surface area contributed by atoms with Crippen molar-refractivity contribution in [3.05, 3.63) is 58.8 Å². The van der Waals surface area contributed by atoms with Gasteiger partial charge >= 0.3 is 0 Å². The summed E-state index contributed by atoms with van der Waals surface area (Å²) in [5, 5.41) is 8.51. The first-order valence-electron chi connectivity index (χ1n) is 9.95. The Labute approximate surface area is 169 Å². The lowest BCUT2D eigenvalue weighted by atomic mass is 9.94. The normalized spacial score (nSPS) is 17.0. The Morgan fingerprint density at radius 1 is 1.28 bits per heavy atom. The summed E-state index contributed by atoms with van der Waals surface area (Å²) in [6.45, 7) is 4.53. The summed E-state index contributed by atoms with van der Waals surface area (Å²) < 4.78 is 21.5. The maximum atomic E-state index is 14.1. The van der Waals surface area contributed by atoms with Crippen molar-refractivity contribution in [2.45, 2.75) is 45.6 Å². The highest BCUT2D eigenvalue weighted by atomic mass is 19.1. The second-order valence-electron chi connectivity index (χ2n) is 7.66. The first kappa shape index (κ1) is 19.4. The molecule has 1 aliphatic heterocycles. The van der Waals surface area contributed by atoms with E-state index in [4.69, 9.17) is 4.52 Å². The fourth-order valence-electron chi connectivity index (χ4n) is 4.10. The highest BCUT2D eigenvalue weighted by Crippen LogP contribution is 2.38. The van der Waals surface area contributed by atoms with Gasteiger partial charge in [0.2, 0.25) is 5.91 Å². The molecule has 1 unspecified atom stereocenters. The predicted molar refractivity (Wildman–Crippen MR) is 107 cm³/mol. The minimum atomic E-state index is -0.344. The molecule has 6 nitrogen and oxygen atoms in total. The first-order valence-corrected chi connectivity index (χ1v) is 9.95. The topological polar surface area (TPSA) is 64.2 Å². The lowest BCUT2D eigenvalue weighted by Crippen LogP contribution is -2.40. The van der Waals surface area contributed by atoms with Gasteiger partial charge in [0.25, 0.3) is 0 Å². The zero-order chi connectivity index (χ0) is 20.5. The Balaban J connectivity index is 1.68. The lowest BCUT2D eigenvalue weighted by molar-refractivity contribution is -0.134. The van der Waals surface area contributed by atoms with Crippen molar-refractivity contribution < 1.29 is 13.7 Å². The van der Waals surface area contributed by atoms with Crippen molar-refractivity contribution in [2.24, 2.45) is 7.05 Å². The number of benzene rings is 1. The molecule has 1 aliphatic rings. The van der Waals surface area contributed by atoms with Gasteiger partial charge in [-0.15, -0.1) is 0 Å². The molecule has 0 spiro atoms. The Bertz CT molecular complexity index is 1040. The molecule has 3 heterocycles. The van der Waals surface area contributed by atoms with Crippen molar-refractivity contribution in [1.29, 1.82) is 0 Å². The van der Waals surface area contributed by atoms with Crippen molar-refractivity contribution in [1.82, 2.24) is 19.8 Å². The standard InChI is InChI=1S/C22H25FN4O2/c1-14-15(2)25-29-22(14)17-13-24-26(3)21(17)19-10-6-7-11-27(19)20(28)12-16-8-4-5-9-18(16)23/h4-5,8-9,13,19H,6-7,10-12H2,1-3H3. The van der Waals surface area contributed by atoms with Gasteiger partial charge in [0, 0.05) is 19.2 Å². The van der Waals surface area contributed by atoms with Gasteiger partial charge in [-0.1, -0.05) is 23.4 Å². The average Bonchev–Trinajstić information content (AvgIpc) is 3.25. The molecule has 1 aromatic carbocycles. The van der Waals surface area contributed by atoms with E-state index in [2.05, 4.69) is 10.3 Å². The molecule has 1 atom stereocenters. The van der Waals surface area contributed by atoms with Crippen LogP contribution in [-0.2, 0) is 18.3 Å². The van der Waals surface area contributed by atoms with Crippen LogP contribution in [0.25, 0.3) is 11.3 Å². The summed E-state index contributed by atoms with van der Waals surface area (Å²) in [6.07, 6.45) is 4.62. The third-order valence-corrected chi connectivity index (χ3v) is 5.82. The number of carbonyl (C=O) groups excluding carboxylic acids is 1. The molecule has 0 bridgehead atoms. The van der Waals surface area contributed by atoms with Crippen molar-refractivity contribution in [3.8, 4) is 11.3 Å². The lowest BCUT2D eigenvalue weighted by Gasteiger charge is -2.36. The van der Waals surface area contributed by atoms with Crippen LogP contribution in [0.15, 0.2) is 35.0 Å². The van der Waals surface area contributed by atoms with Crippen LogP contribution in [0.3, 0.4) is 0 Å². The Hall–Kier alpha value is -2.96. The third-order valence-electron chi connectivity index (χ3n) is 5.82. The first-order chi connectivity index (χ1) is 14.0. The van der Waals surface area contributed by atoms with Gasteiger partial charge < -0.3 is 9.42 Å². The maximum Gasteiger partial charge on any atom is 0.227 e. The van der Waals surface area contributed by atoms with Crippen LogP contribution in [0, 0.1) is 19.7 Å². The van der Waals surface area contributed by atoms with E-state index in [-0.39, 0.29) is 24.2 Å². The highest BCUT2D eigenvalue weighted by molar-refractivity contribution is 5.80. The van der Waals surface area contributed by atoms with E-state index in [9.17, 15) is 9.18 Å². The van der Waals surface area contributed by atoms with Gasteiger partial charge in [-0.3, -0.25) is 9.48 Å². The second kappa shape index (κ2) is 7.81. The fourth-order valence-corrected chi connectivity index (χ4v) is 4.10. The van der Waals surface area contributed by atoms with Crippen LogP contribution in [0.1, 0.15) is 47.8 Å². The van der Waals surface area contributed by atoms with Crippen molar-refractivity contribution in [3.63, 3.8) is 0 Å². The van der Waals surface area contributed by atoms with E-state index in [0.29, 0.717) is 17.9 Å². The number of amides is 1. The van der Waals surface area contributed by atoms with E-state index in [1.54, 1.807) is 24.4 Å². The van der Waals surface area contributed by atoms with Crippen molar-refractivity contribution in [2.75, 3.05) is 6.54 Å². The number of piperidine rings is 1. The smallest absolute Gasteiger partial charge is 0.227 e. The van der Waals surface area contributed by atoms with Crippen LogP contribution in [0.5, 0.6) is 0 Å². The summed E-state index contributed by atoms with van der Waals surface area (Å²) in [5.74, 6) is 0.276. The third kappa shape index (κ3) is 3.57. The molecule has 7 heteroatoms. The molecule has 1 fully saturated rings. The minimum Gasteiger partial charge on any atom is -0.356 e. The van der Waals surface area contributed by atoms with E-state index in [1.807, 2.05) is 30.5 Å². The zero-order valence-electron chi connectivity index (χ0n) is 17.0. The quantitative estimate of drug-likeness (QED) is 0.665. The van der Waals surface area contributed by atoms with Gasteiger partial charge in [-0.25, -0.2) is 4.39 Å². The van der Waals surface area contributed by atoms with E-state index in [1.165, 1.54) is 6.07 Å². The number of halogens is 1. The van der Waals surface area contributed by atoms with Gasteiger partial charge in [-0.05, 0) is 44.7 Å². The summed E-state index contributed by atoms with van der Waals surface area (Å²) in [7, 11) is 1.88. The number of hydrogen-bond acceptors (Lipinski definition) is 4. The van der Waals surface area contributed by atoms with E-state index in [0.717, 1.165) is 41.8 Å². The SMILES string of the molecule is Cc1noc(-c2cnn(C)c2C2CCCCN2C(=O)Cc2ccccc2F)c1C.